The van der Waals surface area contributed by atoms with Crippen molar-refractivity contribution < 1.29 is 9.18 Å². The van der Waals surface area contributed by atoms with Crippen LogP contribution in [0.1, 0.15) is 26.1 Å². The molecule has 0 unspecified atom stereocenters. The first-order valence-corrected chi connectivity index (χ1v) is 8.08. The van der Waals surface area contributed by atoms with Crippen LogP contribution in [0.2, 0.25) is 0 Å². The molecule has 1 aromatic carbocycles. The Hall–Kier alpha value is -1.96. The lowest BCUT2D eigenvalue weighted by atomic mass is 10.3. The van der Waals surface area contributed by atoms with Crippen molar-refractivity contribution in [3.8, 4) is 0 Å². The van der Waals surface area contributed by atoms with Crippen LogP contribution in [0.25, 0.3) is 0 Å². The fraction of sp³-hybridized carbons (Fsp3) is 0.429. The average Bonchev–Trinajstić information content (AvgIpc) is 2.95. The fourth-order valence-corrected chi connectivity index (χ4v) is 2.58. The van der Waals surface area contributed by atoms with Crippen LogP contribution >= 0.6 is 11.8 Å². The van der Waals surface area contributed by atoms with E-state index < -0.39 is 0 Å². The van der Waals surface area contributed by atoms with Crippen LogP contribution in [0.4, 0.5) is 10.1 Å². The molecule has 2 aromatic rings. The van der Waals surface area contributed by atoms with Gasteiger partial charge in [0.15, 0.2) is 5.82 Å². The van der Waals surface area contributed by atoms with E-state index in [9.17, 15) is 9.18 Å². The van der Waals surface area contributed by atoms with E-state index in [1.165, 1.54) is 36.0 Å². The fourth-order valence-electron chi connectivity index (χ4n) is 1.76. The molecule has 1 atom stereocenters. The zero-order chi connectivity index (χ0) is 15.9. The summed E-state index contributed by atoms with van der Waals surface area (Å²) >= 11 is 1.46. The highest BCUT2D eigenvalue weighted by Crippen LogP contribution is 2.18. The molecule has 0 aliphatic rings. The van der Waals surface area contributed by atoms with Crippen molar-refractivity contribution >= 4 is 23.4 Å². The largest absolute Gasteiger partial charge is 0.325 e. The van der Waals surface area contributed by atoms with E-state index in [1.807, 2.05) is 6.92 Å². The van der Waals surface area contributed by atoms with Gasteiger partial charge in [-0.25, -0.2) is 9.07 Å². The van der Waals surface area contributed by atoms with Crippen molar-refractivity contribution in [2.24, 2.45) is 0 Å². The van der Waals surface area contributed by atoms with Crippen molar-refractivity contribution in [2.75, 3.05) is 5.32 Å². The zero-order valence-corrected chi connectivity index (χ0v) is 13.3. The van der Waals surface area contributed by atoms with Crippen LogP contribution in [0.5, 0.6) is 0 Å². The molecule has 1 N–H and O–H groups in total. The molecular formula is C14H18FN5OS. The van der Waals surface area contributed by atoms with E-state index in [4.69, 9.17) is 0 Å². The average molecular weight is 323 g/mol. The third-order valence-corrected chi connectivity index (χ3v) is 4.12. The highest BCUT2D eigenvalue weighted by molar-refractivity contribution is 7.99. The van der Waals surface area contributed by atoms with Gasteiger partial charge in [0.25, 0.3) is 0 Å². The molecule has 0 fully saturated rings. The Bertz CT molecular complexity index is 616. The minimum Gasteiger partial charge on any atom is -0.325 e. The number of anilines is 1. The maximum Gasteiger partial charge on any atom is 0.237 e. The van der Waals surface area contributed by atoms with Crippen LogP contribution < -0.4 is 5.32 Å². The second-order valence-electron chi connectivity index (χ2n) is 4.77. The van der Waals surface area contributed by atoms with Crippen molar-refractivity contribution in [3.63, 3.8) is 0 Å². The molecule has 8 heteroatoms. The summed E-state index contributed by atoms with van der Waals surface area (Å²) in [6.45, 7) is 4.63. The van der Waals surface area contributed by atoms with Gasteiger partial charge in [0, 0.05) is 12.2 Å². The maximum absolute atomic E-state index is 12.8. The van der Waals surface area contributed by atoms with Crippen LogP contribution in [0, 0.1) is 5.82 Å². The molecule has 0 saturated heterocycles. The minimum absolute atomic E-state index is 0.133. The van der Waals surface area contributed by atoms with E-state index in [0.717, 1.165) is 18.8 Å². The number of carbonyl (C=O) groups is 1. The van der Waals surface area contributed by atoms with E-state index in [-0.39, 0.29) is 17.0 Å². The number of nitrogens with zero attached hydrogens (tertiary/aromatic N) is 4. The van der Waals surface area contributed by atoms with Gasteiger partial charge in [0.05, 0.1) is 11.0 Å². The number of aryl methyl sites for hydroxylation is 1. The first-order chi connectivity index (χ1) is 10.6. The number of hydrogen-bond donors (Lipinski definition) is 1. The number of carbonyl (C=O) groups excluding carboxylic acids is 1. The Kier molecular flexibility index (Phi) is 5.88. The second-order valence-corrected chi connectivity index (χ2v) is 6.10. The predicted molar refractivity (Wildman–Crippen MR) is 83.9 cm³/mol. The number of amides is 1. The van der Waals surface area contributed by atoms with Crippen molar-refractivity contribution in [2.45, 2.75) is 37.8 Å². The number of tetrazole rings is 1. The molecule has 0 aliphatic heterocycles. The van der Waals surface area contributed by atoms with E-state index >= 15 is 0 Å². The van der Waals surface area contributed by atoms with Gasteiger partial charge in [-0.2, -0.15) is 0 Å². The first-order valence-electron chi connectivity index (χ1n) is 7.03. The SMILES string of the molecule is CCCn1nnnc1CS[C@@H](C)C(=O)Nc1ccc(F)cc1. The summed E-state index contributed by atoms with van der Waals surface area (Å²) in [7, 11) is 0. The topological polar surface area (TPSA) is 72.7 Å². The number of benzene rings is 1. The summed E-state index contributed by atoms with van der Waals surface area (Å²) in [6, 6.07) is 5.69. The molecular weight excluding hydrogens is 305 g/mol. The van der Waals surface area contributed by atoms with Crippen LogP contribution in [-0.2, 0) is 17.1 Å². The van der Waals surface area contributed by atoms with E-state index in [1.54, 1.807) is 4.68 Å². The normalized spacial score (nSPS) is 12.1. The Morgan fingerprint density at radius 1 is 1.41 bits per heavy atom. The second kappa shape index (κ2) is 7.88. The Morgan fingerprint density at radius 3 is 2.82 bits per heavy atom. The summed E-state index contributed by atoms with van der Waals surface area (Å²) in [5, 5.41) is 14.0. The zero-order valence-electron chi connectivity index (χ0n) is 12.5. The Morgan fingerprint density at radius 2 is 2.14 bits per heavy atom. The number of rotatable bonds is 7. The third kappa shape index (κ3) is 4.52. The standard InChI is InChI=1S/C14H18FN5OS/c1-3-8-20-13(17-18-19-20)9-22-10(2)14(21)16-12-6-4-11(15)5-7-12/h4-7,10H,3,8-9H2,1-2H3,(H,16,21)/t10-/m0/s1. The quantitative estimate of drug-likeness (QED) is 0.847. The highest BCUT2D eigenvalue weighted by Gasteiger charge is 2.15. The van der Waals surface area contributed by atoms with Gasteiger partial charge in [-0.15, -0.1) is 16.9 Å². The Labute approximate surface area is 132 Å². The van der Waals surface area contributed by atoms with Crippen LogP contribution in [0.15, 0.2) is 24.3 Å². The van der Waals surface area contributed by atoms with Crippen molar-refractivity contribution in [3.05, 3.63) is 35.9 Å². The van der Waals surface area contributed by atoms with Crippen molar-refractivity contribution in [1.82, 2.24) is 20.2 Å². The number of aromatic nitrogens is 4. The van der Waals surface area contributed by atoms with Gasteiger partial charge in [0.1, 0.15) is 5.82 Å². The van der Waals surface area contributed by atoms with Gasteiger partial charge in [-0.3, -0.25) is 4.79 Å². The number of hydrogen-bond acceptors (Lipinski definition) is 5. The smallest absolute Gasteiger partial charge is 0.237 e. The predicted octanol–water partition coefficient (Wildman–Crippen LogP) is 2.48. The van der Waals surface area contributed by atoms with E-state index in [0.29, 0.717) is 11.4 Å². The summed E-state index contributed by atoms with van der Waals surface area (Å²) in [5.74, 6) is 0.855. The summed E-state index contributed by atoms with van der Waals surface area (Å²) in [6.07, 6.45) is 0.948. The molecule has 0 spiro atoms. The molecule has 6 nitrogen and oxygen atoms in total. The molecule has 0 aliphatic carbocycles. The lowest BCUT2D eigenvalue weighted by Gasteiger charge is -2.11. The monoisotopic (exact) mass is 323 g/mol. The lowest BCUT2D eigenvalue weighted by molar-refractivity contribution is -0.115. The summed E-state index contributed by atoms with van der Waals surface area (Å²) < 4.78 is 14.6. The van der Waals surface area contributed by atoms with Gasteiger partial charge < -0.3 is 5.32 Å². The van der Waals surface area contributed by atoms with Crippen LogP contribution in [0.3, 0.4) is 0 Å². The summed E-state index contributed by atoms with van der Waals surface area (Å²) in [4.78, 5) is 12.1. The molecule has 2 rings (SSSR count). The third-order valence-electron chi connectivity index (χ3n) is 2.98. The molecule has 0 radical (unpaired) electrons. The molecule has 0 bridgehead atoms. The molecule has 1 amide bonds. The van der Waals surface area contributed by atoms with Crippen molar-refractivity contribution in [1.29, 1.82) is 0 Å². The maximum atomic E-state index is 12.8. The molecule has 0 saturated carbocycles. The Balaban J connectivity index is 1.86. The van der Waals surface area contributed by atoms with Gasteiger partial charge in [0.2, 0.25) is 5.91 Å². The number of thioether (sulfide) groups is 1. The van der Waals surface area contributed by atoms with Gasteiger partial charge in [-0.1, -0.05) is 6.92 Å². The van der Waals surface area contributed by atoms with E-state index in [2.05, 4.69) is 27.8 Å². The first kappa shape index (κ1) is 16.4. The lowest BCUT2D eigenvalue weighted by Crippen LogP contribution is -2.22. The van der Waals surface area contributed by atoms with Gasteiger partial charge >= 0.3 is 0 Å². The highest BCUT2D eigenvalue weighted by atomic mass is 32.2. The molecule has 1 aromatic heterocycles. The van der Waals surface area contributed by atoms with Crippen LogP contribution in [-0.4, -0.2) is 31.4 Å². The molecule has 1 heterocycles. The molecule has 22 heavy (non-hydrogen) atoms. The number of nitrogens with one attached hydrogen (secondary N) is 1. The number of halogens is 1. The minimum atomic E-state index is -0.330. The molecule has 118 valence electrons. The summed E-state index contributed by atoms with van der Waals surface area (Å²) in [5.41, 5.74) is 0.578. The van der Waals surface area contributed by atoms with Gasteiger partial charge in [-0.05, 0) is 48.0 Å².